The Morgan fingerprint density at radius 2 is 1.95 bits per heavy atom. The first-order chi connectivity index (χ1) is 9.45. The number of hydrogen-bond acceptors (Lipinski definition) is 2. The van der Waals surface area contributed by atoms with Crippen LogP contribution in [0.3, 0.4) is 0 Å². The summed E-state index contributed by atoms with van der Waals surface area (Å²) in [5, 5.41) is 0. The molecule has 1 aromatic heterocycles. The Hall–Kier alpha value is -1.77. The quantitative estimate of drug-likeness (QED) is 0.901. The van der Waals surface area contributed by atoms with E-state index in [1.807, 2.05) is 0 Å². The summed E-state index contributed by atoms with van der Waals surface area (Å²) in [6.45, 7) is 10.7. The van der Waals surface area contributed by atoms with E-state index in [2.05, 4.69) is 57.4 Å². The molecule has 1 aromatic carbocycles. The maximum absolute atomic E-state index is 6.39. The number of anilines is 1. The maximum atomic E-state index is 6.39. The second-order valence-corrected chi connectivity index (χ2v) is 5.79. The van der Waals surface area contributed by atoms with E-state index >= 15 is 0 Å². The number of hydrogen-bond donors (Lipinski definition) is 1. The van der Waals surface area contributed by atoms with Crippen LogP contribution < -0.4 is 5.73 Å². The lowest BCUT2D eigenvalue weighted by molar-refractivity contribution is 0.571. The minimum atomic E-state index is 0.336. The molecule has 0 bridgehead atoms. The van der Waals surface area contributed by atoms with Gasteiger partial charge in [0.25, 0.3) is 0 Å². The van der Waals surface area contributed by atoms with Gasteiger partial charge < -0.3 is 10.3 Å². The lowest BCUT2D eigenvalue weighted by atomic mass is 10.0. The molecule has 0 unspecified atom stereocenters. The number of nitrogens with zero attached hydrogens (tertiary/aromatic N) is 2. The predicted molar refractivity (Wildman–Crippen MR) is 85.9 cm³/mol. The van der Waals surface area contributed by atoms with Gasteiger partial charge in [-0.2, -0.15) is 0 Å². The van der Waals surface area contributed by atoms with Crippen molar-refractivity contribution in [2.75, 3.05) is 5.73 Å². The summed E-state index contributed by atoms with van der Waals surface area (Å²) in [4.78, 5) is 4.83. The smallest absolute Gasteiger partial charge is 0.131 e. The largest absolute Gasteiger partial charge is 0.383 e. The van der Waals surface area contributed by atoms with Gasteiger partial charge in [-0.3, -0.25) is 0 Å². The first-order valence-corrected chi connectivity index (χ1v) is 7.39. The zero-order valence-electron chi connectivity index (χ0n) is 13.2. The Morgan fingerprint density at radius 1 is 1.25 bits per heavy atom. The molecule has 0 radical (unpaired) electrons. The van der Waals surface area contributed by atoms with Gasteiger partial charge in [0, 0.05) is 18.0 Å². The molecule has 0 fully saturated rings. The summed E-state index contributed by atoms with van der Waals surface area (Å²) in [7, 11) is 0. The van der Waals surface area contributed by atoms with Crippen molar-refractivity contribution >= 4 is 5.82 Å². The van der Waals surface area contributed by atoms with E-state index in [-0.39, 0.29) is 0 Å². The number of imidazole rings is 1. The van der Waals surface area contributed by atoms with Gasteiger partial charge >= 0.3 is 0 Å². The van der Waals surface area contributed by atoms with Gasteiger partial charge in [-0.25, -0.2) is 4.98 Å². The number of nitrogen functional groups attached to an aromatic ring is 1. The van der Waals surface area contributed by atoms with Crippen LogP contribution in [-0.2, 0) is 6.42 Å². The Balaban J connectivity index is 2.63. The van der Waals surface area contributed by atoms with Crippen LogP contribution in [0.4, 0.5) is 5.82 Å². The molecule has 20 heavy (non-hydrogen) atoms. The predicted octanol–water partition coefficient (Wildman–Crippen LogP) is 4.28. The number of benzene rings is 1. The summed E-state index contributed by atoms with van der Waals surface area (Å²) in [5.41, 5.74) is 10.9. The summed E-state index contributed by atoms with van der Waals surface area (Å²) in [6, 6.07) is 6.77. The van der Waals surface area contributed by atoms with Crippen molar-refractivity contribution in [2.45, 2.75) is 53.5 Å². The summed E-state index contributed by atoms with van der Waals surface area (Å²) >= 11 is 0. The number of aryl methyl sites for hydroxylation is 3. The molecule has 0 atom stereocenters. The molecule has 0 aliphatic heterocycles. The van der Waals surface area contributed by atoms with Crippen molar-refractivity contribution in [2.24, 2.45) is 0 Å². The van der Waals surface area contributed by atoms with Gasteiger partial charge in [-0.15, -0.1) is 0 Å². The number of rotatable bonds is 4. The second-order valence-electron chi connectivity index (χ2n) is 5.79. The molecule has 3 heteroatoms. The van der Waals surface area contributed by atoms with Crippen LogP contribution in [0.1, 0.15) is 50.2 Å². The molecule has 3 nitrogen and oxygen atoms in total. The highest BCUT2D eigenvalue weighted by Gasteiger charge is 2.18. The van der Waals surface area contributed by atoms with Crippen LogP contribution in [0.2, 0.25) is 0 Å². The van der Waals surface area contributed by atoms with E-state index in [4.69, 9.17) is 10.7 Å². The molecule has 108 valence electrons. The molecule has 1 heterocycles. The Kier molecular flexibility index (Phi) is 4.17. The van der Waals surface area contributed by atoms with E-state index in [0.29, 0.717) is 6.04 Å². The fourth-order valence-electron chi connectivity index (χ4n) is 2.66. The van der Waals surface area contributed by atoms with Crippen LogP contribution >= 0.6 is 0 Å². The van der Waals surface area contributed by atoms with E-state index in [1.54, 1.807) is 0 Å². The Labute approximate surface area is 121 Å². The summed E-state index contributed by atoms with van der Waals surface area (Å²) in [6.07, 6.45) is 2.04. The van der Waals surface area contributed by atoms with Gasteiger partial charge in [0.1, 0.15) is 17.3 Å². The van der Waals surface area contributed by atoms with E-state index in [0.717, 1.165) is 35.7 Å². The van der Waals surface area contributed by atoms with E-state index in [9.17, 15) is 0 Å². The van der Waals surface area contributed by atoms with Crippen LogP contribution in [0.15, 0.2) is 18.2 Å². The van der Waals surface area contributed by atoms with Crippen molar-refractivity contribution < 1.29 is 0 Å². The van der Waals surface area contributed by atoms with Crippen molar-refractivity contribution in [1.29, 1.82) is 0 Å². The molecule has 0 saturated heterocycles. The highest BCUT2D eigenvalue weighted by molar-refractivity contribution is 5.74. The van der Waals surface area contributed by atoms with Crippen molar-refractivity contribution in [3.8, 4) is 11.3 Å². The van der Waals surface area contributed by atoms with Crippen molar-refractivity contribution in [3.05, 3.63) is 35.2 Å². The van der Waals surface area contributed by atoms with E-state index < -0.39 is 0 Å². The highest BCUT2D eigenvalue weighted by atomic mass is 15.2. The van der Waals surface area contributed by atoms with Crippen LogP contribution in [0.25, 0.3) is 11.3 Å². The fraction of sp³-hybridized carbons (Fsp3) is 0.471. The molecule has 0 spiro atoms. The molecule has 0 saturated carbocycles. The topological polar surface area (TPSA) is 43.8 Å². The first kappa shape index (κ1) is 14.6. The summed E-state index contributed by atoms with van der Waals surface area (Å²) < 4.78 is 2.17. The van der Waals surface area contributed by atoms with Crippen molar-refractivity contribution in [3.63, 3.8) is 0 Å². The third kappa shape index (κ3) is 2.58. The van der Waals surface area contributed by atoms with Gasteiger partial charge in [-0.05, 0) is 45.7 Å². The van der Waals surface area contributed by atoms with E-state index in [1.165, 1.54) is 11.1 Å². The summed E-state index contributed by atoms with van der Waals surface area (Å²) in [5.74, 6) is 1.88. The zero-order chi connectivity index (χ0) is 14.9. The third-order valence-corrected chi connectivity index (χ3v) is 3.66. The molecule has 2 N–H and O–H groups in total. The average molecular weight is 271 g/mol. The molecule has 0 aliphatic carbocycles. The molecule has 2 aromatic rings. The van der Waals surface area contributed by atoms with Gasteiger partial charge in [0.15, 0.2) is 0 Å². The van der Waals surface area contributed by atoms with Gasteiger partial charge in [0.2, 0.25) is 0 Å². The van der Waals surface area contributed by atoms with Crippen molar-refractivity contribution in [1.82, 2.24) is 9.55 Å². The van der Waals surface area contributed by atoms with Gasteiger partial charge in [0.05, 0.1) is 0 Å². The molecular formula is C17H25N3. The zero-order valence-corrected chi connectivity index (χ0v) is 13.2. The Bertz CT molecular complexity index is 609. The molecule has 2 rings (SSSR count). The number of aromatic nitrogens is 2. The molecular weight excluding hydrogens is 246 g/mol. The third-order valence-electron chi connectivity index (χ3n) is 3.66. The van der Waals surface area contributed by atoms with Crippen LogP contribution in [0, 0.1) is 13.8 Å². The molecule has 0 amide bonds. The maximum Gasteiger partial charge on any atom is 0.131 e. The first-order valence-electron chi connectivity index (χ1n) is 7.39. The normalized spacial score (nSPS) is 11.3. The lowest BCUT2D eigenvalue weighted by Crippen LogP contribution is -2.09. The second kappa shape index (κ2) is 5.70. The minimum absolute atomic E-state index is 0.336. The average Bonchev–Trinajstić information content (AvgIpc) is 2.70. The lowest BCUT2D eigenvalue weighted by Gasteiger charge is -2.13. The SMILES string of the molecule is CCCc1nc(-c2cc(C)ccc2C)c(N)n1C(C)C. The number of nitrogens with two attached hydrogens (primary N) is 1. The fourth-order valence-corrected chi connectivity index (χ4v) is 2.66. The minimum Gasteiger partial charge on any atom is -0.383 e. The monoisotopic (exact) mass is 271 g/mol. The van der Waals surface area contributed by atoms with Crippen LogP contribution in [0.5, 0.6) is 0 Å². The van der Waals surface area contributed by atoms with Gasteiger partial charge in [-0.1, -0.05) is 24.6 Å². The van der Waals surface area contributed by atoms with Crippen LogP contribution in [-0.4, -0.2) is 9.55 Å². The Morgan fingerprint density at radius 3 is 2.55 bits per heavy atom. The highest BCUT2D eigenvalue weighted by Crippen LogP contribution is 2.32. The standard InChI is InChI=1S/C17H25N3/c1-6-7-15-19-16(17(18)20(15)11(2)3)14-10-12(4)8-9-13(14)5/h8-11H,6-7,18H2,1-5H3. The molecule has 0 aliphatic rings.